The number of halogens is 1. The zero-order chi connectivity index (χ0) is 13.2. The molecule has 104 valence electrons. The maximum Gasteiger partial charge on any atom is 0.233 e. The van der Waals surface area contributed by atoms with E-state index in [2.05, 4.69) is 13.8 Å². The van der Waals surface area contributed by atoms with Gasteiger partial charge in [-0.3, -0.25) is 0 Å². The monoisotopic (exact) mass is 290 g/mol. The fourth-order valence-electron chi connectivity index (χ4n) is 5.52. The first-order valence-electron chi connectivity index (χ1n) is 7.11. The second-order valence-corrected chi connectivity index (χ2v) is 10.5. The van der Waals surface area contributed by atoms with Gasteiger partial charge in [-0.2, -0.15) is 0 Å². The van der Waals surface area contributed by atoms with Crippen molar-refractivity contribution in [2.75, 3.05) is 5.75 Å². The summed E-state index contributed by atoms with van der Waals surface area (Å²) >= 11 is 0. The molecule has 0 saturated heterocycles. The molecule has 0 N–H and O–H groups in total. The first-order chi connectivity index (χ1) is 8.19. The maximum atomic E-state index is 11.5. The van der Waals surface area contributed by atoms with Gasteiger partial charge in [-0.1, -0.05) is 13.8 Å². The fraction of sp³-hybridized carbons (Fsp3) is 1.00. The first kappa shape index (κ1) is 13.2. The van der Waals surface area contributed by atoms with E-state index in [0.29, 0.717) is 0 Å². The van der Waals surface area contributed by atoms with E-state index in [-0.39, 0.29) is 16.6 Å². The van der Waals surface area contributed by atoms with Crippen molar-refractivity contribution in [3.05, 3.63) is 0 Å². The molecule has 0 aromatic rings. The van der Waals surface area contributed by atoms with Crippen LogP contribution in [0.25, 0.3) is 0 Å². The summed E-state index contributed by atoms with van der Waals surface area (Å²) in [5, 5.41) is 0. The second kappa shape index (κ2) is 3.88. The van der Waals surface area contributed by atoms with Crippen LogP contribution in [0.5, 0.6) is 0 Å². The van der Waals surface area contributed by atoms with Crippen molar-refractivity contribution < 1.29 is 8.42 Å². The van der Waals surface area contributed by atoms with Crippen molar-refractivity contribution in [2.45, 2.75) is 52.4 Å². The van der Waals surface area contributed by atoms with Crippen molar-refractivity contribution >= 4 is 19.7 Å². The summed E-state index contributed by atoms with van der Waals surface area (Å²) in [4.78, 5) is 0. The Morgan fingerprint density at radius 1 is 1.06 bits per heavy atom. The van der Waals surface area contributed by atoms with Gasteiger partial charge in [0, 0.05) is 10.7 Å². The molecule has 4 saturated carbocycles. The van der Waals surface area contributed by atoms with Gasteiger partial charge in [0.2, 0.25) is 9.05 Å². The maximum absolute atomic E-state index is 11.5. The Balaban J connectivity index is 1.90. The zero-order valence-electron chi connectivity index (χ0n) is 11.3. The molecule has 0 aromatic carbocycles. The van der Waals surface area contributed by atoms with Crippen LogP contribution in [0.1, 0.15) is 52.4 Å². The third-order valence-corrected chi connectivity index (χ3v) is 7.40. The van der Waals surface area contributed by atoms with Gasteiger partial charge in [-0.15, -0.1) is 0 Å². The summed E-state index contributed by atoms with van der Waals surface area (Å²) in [5.41, 5.74) is 0.0628. The van der Waals surface area contributed by atoms with Crippen LogP contribution in [-0.4, -0.2) is 14.2 Å². The Bertz CT molecular complexity index is 417. The number of hydrogen-bond acceptors (Lipinski definition) is 2. The smallest absolute Gasteiger partial charge is 0.212 e. The number of hydrogen-bond donors (Lipinski definition) is 0. The Kier molecular flexibility index (Phi) is 2.85. The van der Waals surface area contributed by atoms with Crippen LogP contribution in [0.2, 0.25) is 0 Å². The SMILES string of the molecule is CC(C)(CS(=O)(=O)Cl)C12CC3CC(CC(C3)C1)C2. The normalized spacial score (nSPS) is 43.4. The van der Waals surface area contributed by atoms with Crippen LogP contribution >= 0.6 is 10.7 Å². The third kappa shape index (κ3) is 2.11. The average molecular weight is 291 g/mol. The highest BCUT2D eigenvalue weighted by Crippen LogP contribution is 2.66. The minimum atomic E-state index is -3.40. The molecule has 4 bridgehead atoms. The Hall–Kier alpha value is 0.240. The van der Waals surface area contributed by atoms with Crippen molar-refractivity contribution in [3.8, 4) is 0 Å². The van der Waals surface area contributed by atoms with Gasteiger partial charge in [0.05, 0.1) is 5.75 Å². The summed E-state index contributed by atoms with van der Waals surface area (Å²) in [6.45, 7) is 4.25. The summed E-state index contributed by atoms with van der Waals surface area (Å²) in [6.07, 6.45) is 7.88. The van der Waals surface area contributed by atoms with Crippen molar-refractivity contribution in [2.24, 2.45) is 28.6 Å². The molecule has 0 aromatic heterocycles. The molecular weight excluding hydrogens is 268 g/mol. The average Bonchev–Trinajstić information content (AvgIpc) is 2.10. The summed E-state index contributed by atoms with van der Waals surface area (Å²) < 4.78 is 23.0. The predicted molar refractivity (Wildman–Crippen MR) is 74.0 cm³/mol. The lowest BCUT2D eigenvalue weighted by atomic mass is 9.43. The molecule has 4 rings (SSSR count). The van der Waals surface area contributed by atoms with E-state index in [1.54, 1.807) is 0 Å². The molecule has 2 nitrogen and oxygen atoms in total. The highest BCUT2D eigenvalue weighted by atomic mass is 35.7. The van der Waals surface area contributed by atoms with Gasteiger partial charge in [0.25, 0.3) is 0 Å². The van der Waals surface area contributed by atoms with Crippen LogP contribution in [0, 0.1) is 28.6 Å². The molecule has 0 aliphatic heterocycles. The molecule has 4 aliphatic carbocycles. The van der Waals surface area contributed by atoms with E-state index in [0.717, 1.165) is 17.8 Å². The van der Waals surface area contributed by atoms with Crippen molar-refractivity contribution in [1.82, 2.24) is 0 Å². The number of rotatable bonds is 3. The Morgan fingerprint density at radius 2 is 1.44 bits per heavy atom. The molecule has 0 unspecified atom stereocenters. The van der Waals surface area contributed by atoms with Gasteiger partial charge >= 0.3 is 0 Å². The molecule has 4 heteroatoms. The molecule has 4 aliphatic rings. The van der Waals surface area contributed by atoms with Crippen LogP contribution in [0.15, 0.2) is 0 Å². The summed E-state index contributed by atoms with van der Waals surface area (Å²) in [7, 11) is 2.13. The van der Waals surface area contributed by atoms with Crippen molar-refractivity contribution in [3.63, 3.8) is 0 Å². The van der Waals surface area contributed by atoms with Gasteiger partial charge < -0.3 is 0 Å². The quantitative estimate of drug-likeness (QED) is 0.741. The molecule has 18 heavy (non-hydrogen) atoms. The lowest BCUT2D eigenvalue weighted by Crippen LogP contribution is -2.54. The third-order valence-electron chi connectivity index (χ3n) is 6.01. The zero-order valence-corrected chi connectivity index (χ0v) is 12.9. The first-order valence-corrected chi connectivity index (χ1v) is 9.59. The topological polar surface area (TPSA) is 34.1 Å². The lowest BCUT2D eigenvalue weighted by Gasteiger charge is -2.62. The molecule has 0 atom stereocenters. The molecule has 0 amide bonds. The van der Waals surface area contributed by atoms with Gasteiger partial charge in [-0.25, -0.2) is 8.42 Å². The minimum Gasteiger partial charge on any atom is -0.212 e. The standard InChI is InChI=1S/C14H23ClO2S/c1-13(2,9-18(15,16)17)14-6-10-3-11(7-14)5-12(4-10)8-14/h10-12H,3-9H2,1-2H3. The fourth-order valence-corrected chi connectivity index (χ4v) is 7.51. The van der Waals surface area contributed by atoms with Crippen LogP contribution in [0.3, 0.4) is 0 Å². The molecule has 0 heterocycles. The van der Waals surface area contributed by atoms with E-state index in [9.17, 15) is 8.42 Å². The Morgan fingerprint density at radius 3 is 1.78 bits per heavy atom. The summed E-state index contributed by atoms with van der Waals surface area (Å²) in [6, 6.07) is 0. The molecule has 0 spiro atoms. The van der Waals surface area contributed by atoms with Crippen LogP contribution < -0.4 is 0 Å². The largest absolute Gasteiger partial charge is 0.233 e. The minimum absolute atomic E-state index is 0.133. The van der Waals surface area contributed by atoms with E-state index < -0.39 is 9.05 Å². The van der Waals surface area contributed by atoms with Gasteiger partial charge in [0.15, 0.2) is 0 Å². The van der Waals surface area contributed by atoms with Crippen LogP contribution in [-0.2, 0) is 9.05 Å². The highest BCUT2D eigenvalue weighted by molar-refractivity contribution is 8.13. The van der Waals surface area contributed by atoms with Gasteiger partial charge in [0.1, 0.15) is 0 Å². The van der Waals surface area contributed by atoms with E-state index in [1.807, 2.05) is 0 Å². The van der Waals surface area contributed by atoms with Crippen LogP contribution in [0.4, 0.5) is 0 Å². The van der Waals surface area contributed by atoms with Gasteiger partial charge in [-0.05, 0) is 67.1 Å². The molecule has 4 fully saturated rings. The van der Waals surface area contributed by atoms with E-state index >= 15 is 0 Å². The highest BCUT2D eigenvalue weighted by Gasteiger charge is 2.57. The second-order valence-electron chi connectivity index (χ2n) is 7.76. The van der Waals surface area contributed by atoms with Crippen molar-refractivity contribution in [1.29, 1.82) is 0 Å². The van der Waals surface area contributed by atoms with E-state index in [4.69, 9.17) is 10.7 Å². The molecule has 0 radical (unpaired) electrons. The lowest BCUT2D eigenvalue weighted by molar-refractivity contribution is -0.111. The summed E-state index contributed by atoms with van der Waals surface area (Å²) in [5.74, 6) is 2.70. The predicted octanol–water partition coefficient (Wildman–Crippen LogP) is 3.80. The Labute approximate surface area is 115 Å². The van der Waals surface area contributed by atoms with E-state index in [1.165, 1.54) is 38.5 Å². The molecular formula is C14H23ClO2S.